The molecule has 1 saturated heterocycles. The smallest absolute Gasteiger partial charge is 0.260 e. The van der Waals surface area contributed by atoms with Gasteiger partial charge >= 0.3 is 0 Å². The molecule has 132 valence electrons. The van der Waals surface area contributed by atoms with Crippen LogP contribution < -0.4 is 4.74 Å². The zero-order valence-electron chi connectivity index (χ0n) is 14.9. The Kier molecular flexibility index (Phi) is 6.03. The van der Waals surface area contributed by atoms with Crippen molar-refractivity contribution >= 4 is 17.7 Å². The van der Waals surface area contributed by atoms with Crippen LogP contribution in [-0.4, -0.2) is 36.3 Å². The second-order valence-electron chi connectivity index (χ2n) is 6.49. The van der Waals surface area contributed by atoms with Crippen LogP contribution in [0, 0.1) is 13.8 Å². The van der Waals surface area contributed by atoms with Gasteiger partial charge in [-0.15, -0.1) is 0 Å². The fourth-order valence-electron chi connectivity index (χ4n) is 3.09. The summed E-state index contributed by atoms with van der Waals surface area (Å²) in [6, 6.07) is 16.4. The largest absolute Gasteiger partial charge is 0.484 e. The summed E-state index contributed by atoms with van der Waals surface area (Å²) in [6.45, 7) is 5.90. The zero-order chi connectivity index (χ0) is 17.6. The highest BCUT2D eigenvalue weighted by molar-refractivity contribution is 7.99. The predicted octanol–water partition coefficient (Wildman–Crippen LogP) is 4.39. The summed E-state index contributed by atoms with van der Waals surface area (Å²) < 4.78 is 5.65. The van der Waals surface area contributed by atoms with Gasteiger partial charge in [0, 0.05) is 24.1 Å². The molecule has 3 rings (SSSR count). The monoisotopic (exact) mass is 355 g/mol. The molecule has 1 heterocycles. The molecule has 0 bridgehead atoms. The maximum absolute atomic E-state index is 12.5. The Morgan fingerprint density at radius 3 is 2.64 bits per heavy atom. The minimum absolute atomic E-state index is 0.0756. The average Bonchev–Trinajstić information content (AvgIpc) is 2.87. The average molecular weight is 356 g/mol. The Bertz CT molecular complexity index is 714. The number of ether oxygens (including phenoxy) is 1. The Labute approximate surface area is 154 Å². The Morgan fingerprint density at radius 1 is 1.12 bits per heavy atom. The number of nitrogens with zero attached hydrogens (tertiary/aromatic N) is 1. The summed E-state index contributed by atoms with van der Waals surface area (Å²) in [5, 5.41) is 0.469. The maximum atomic E-state index is 12.5. The normalized spacial score (nSPS) is 17.8. The summed E-state index contributed by atoms with van der Waals surface area (Å²) in [6.07, 6.45) is 0.992. The van der Waals surface area contributed by atoms with Crippen molar-refractivity contribution in [1.29, 1.82) is 0 Å². The minimum atomic E-state index is 0.0756. The van der Waals surface area contributed by atoms with E-state index in [9.17, 15) is 4.79 Å². The van der Waals surface area contributed by atoms with Crippen LogP contribution in [0.3, 0.4) is 0 Å². The number of hydrogen-bond donors (Lipinski definition) is 0. The van der Waals surface area contributed by atoms with E-state index in [0.29, 0.717) is 5.25 Å². The number of rotatable bonds is 4. The highest BCUT2D eigenvalue weighted by Crippen LogP contribution is 2.35. The number of amides is 1. The van der Waals surface area contributed by atoms with E-state index in [0.717, 1.165) is 31.0 Å². The molecule has 2 aromatic carbocycles. The third-order valence-electron chi connectivity index (χ3n) is 4.61. The van der Waals surface area contributed by atoms with Crippen LogP contribution in [0.15, 0.2) is 48.5 Å². The molecule has 1 fully saturated rings. The number of hydrogen-bond acceptors (Lipinski definition) is 3. The summed E-state index contributed by atoms with van der Waals surface area (Å²) in [5.74, 6) is 1.79. The van der Waals surface area contributed by atoms with Crippen LogP contribution in [-0.2, 0) is 4.79 Å². The molecule has 0 aromatic heterocycles. The second kappa shape index (κ2) is 8.43. The lowest BCUT2D eigenvalue weighted by atomic mass is 10.0. The Hall–Kier alpha value is -1.94. The van der Waals surface area contributed by atoms with Gasteiger partial charge in [-0.2, -0.15) is 11.8 Å². The Balaban J connectivity index is 1.54. The van der Waals surface area contributed by atoms with E-state index in [-0.39, 0.29) is 12.5 Å². The van der Waals surface area contributed by atoms with Crippen molar-refractivity contribution in [3.05, 3.63) is 65.2 Å². The van der Waals surface area contributed by atoms with Crippen LogP contribution in [0.4, 0.5) is 0 Å². The van der Waals surface area contributed by atoms with Crippen LogP contribution in [0.25, 0.3) is 0 Å². The third kappa shape index (κ3) is 4.79. The molecule has 1 atom stereocenters. The van der Waals surface area contributed by atoms with Crippen LogP contribution in [0.5, 0.6) is 5.75 Å². The van der Waals surface area contributed by atoms with Gasteiger partial charge in [0.1, 0.15) is 5.75 Å². The molecule has 0 spiro atoms. The standard InChI is InChI=1S/C21H25NO2S/c1-16-7-9-18(10-8-16)24-15-21(23)22-12-11-20(25-14-13-22)19-6-4-3-5-17(19)2/h3-10,20H,11-15H2,1-2H3. The van der Waals surface area contributed by atoms with E-state index in [1.807, 2.05) is 47.9 Å². The number of carbonyl (C=O) groups excluding carboxylic acids is 1. The number of thioether (sulfide) groups is 1. The first kappa shape index (κ1) is 17.9. The first-order valence-corrected chi connectivity index (χ1v) is 9.83. The maximum Gasteiger partial charge on any atom is 0.260 e. The van der Waals surface area contributed by atoms with Crippen molar-refractivity contribution in [2.75, 3.05) is 25.4 Å². The van der Waals surface area contributed by atoms with Crippen LogP contribution >= 0.6 is 11.8 Å². The molecule has 4 heteroatoms. The van der Waals surface area contributed by atoms with E-state index in [1.54, 1.807) is 0 Å². The van der Waals surface area contributed by atoms with Crippen molar-refractivity contribution in [3.8, 4) is 5.75 Å². The van der Waals surface area contributed by atoms with E-state index in [4.69, 9.17) is 4.74 Å². The van der Waals surface area contributed by atoms with Gasteiger partial charge in [-0.3, -0.25) is 4.79 Å². The quantitative estimate of drug-likeness (QED) is 0.815. The highest BCUT2D eigenvalue weighted by Gasteiger charge is 2.23. The van der Waals surface area contributed by atoms with Crippen molar-refractivity contribution in [2.24, 2.45) is 0 Å². The number of benzene rings is 2. The lowest BCUT2D eigenvalue weighted by Gasteiger charge is -2.21. The molecular formula is C21H25NO2S. The summed E-state index contributed by atoms with van der Waals surface area (Å²) in [7, 11) is 0. The molecule has 0 saturated carbocycles. The summed E-state index contributed by atoms with van der Waals surface area (Å²) >= 11 is 1.95. The fraction of sp³-hybridized carbons (Fsp3) is 0.381. The fourth-order valence-corrected chi connectivity index (χ4v) is 4.41. The molecule has 25 heavy (non-hydrogen) atoms. The van der Waals surface area contributed by atoms with E-state index in [1.165, 1.54) is 16.7 Å². The topological polar surface area (TPSA) is 29.5 Å². The molecular weight excluding hydrogens is 330 g/mol. The first-order chi connectivity index (χ1) is 12.1. The van der Waals surface area contributed by atoms with Crippen molar-refractivity contribution in [1.82, 2.24) is 4.90 Å². The van der Waals surface area contributed by atoms with Gasteiger partial charge in [-0.25, -0.2) is 0 Å². The number of carbonyl (C=O) groups is 1. The molecule has 0 aliphatic carbocycles. The van der Waals surface area contributed by atoms with E-state index >= 15 is 0 Å². The van der Waals surface area contributed by atoms with Gasteiger partial charge in [0.2, 0.25) is 0 Å². The van der Waals surface area contributed by atoms with Crippen molar-refractivity contribution in [2.45, 2.75) is 25.5 Å². The van der Waals surface area contributed by atoms with Gasteiger partial charge < -0.3 is 9.64 Å². The minimum Gasteiger partial charge on any atom is -0.484 e. The van der Waals surface area contributed by atoms with Crippen LogP contribution in [0.2, 0.25) is 0 Å². The van der Waals surface area contributed by atoms with Crippen LogP contribution in [0.1, 0.15) is 28.4 Å². The van der Waals surface area contributed by atoms with Gasteiger partial charge in [0.25, 0.3) is 5.91 Å². The molecule has 1 aliphatic rings. The molecule has 1 amide bonds. The molecule has 2 aromatic rings. The number of aryl methyl sites for hydroxylation is 2. The molecule has 3 nitrogen and oxygen atoms in total. The summed E-state index contributed by atoms with van der Waals surface area (Å²) in [4.78, 5) is 14.4. The lowest BCUT2D eigenvalue weighted by molar-refractivity contribution is -0.133. The molecule has 1 unspecified atom stereocenters. The van der Waals surface area contributed by atoms with E-state index in [2.05, 4.69) is 31.2 Å². The Morgan fingerprint density at radius 2 is 1.88 bits per heavy atom. The predicted molar refractivity (Wildman–Crippen MR) is 104 cm³/mol. The van der Waals surface area contributed by atoms with Crippen molar-refractivity contribution < 1.29 is 9.53 Å². The van der Waals surface area contributed by atoms with E-state index < -0.39 is 0 Å². The molecule has 0 radical (unpaired) electrons. The SMILES string of the molecule is Cc1ccc(OCC(=O)N2CCSC(c3ccccc3C)CC2)cc1. The van der Waals surface area contributed by atoms with Gasteiger partial charge in [0.15, 0.2) is 6.61 Å². The third-order valence-corrected chi connectivity index (χ3v) is 5.92. The second-order valence-corrected chi connectivity index (χ2v) is 7.80. The molecule has 0 N–H and O–H groups in total. The molecule has 1 aliphatic heterocycles. The first-order valence-electron chi connectivity index (χ1n) is 8.78. The van der Waals surface area contributed by atoms with Gasteiger partial charge in [-0.1, -0.05) is 42.0 Å². The zero-order valence-corrected chi connectivity index (χ0v) is 15.7. The van der Waals surface area contributed by atoms with Gasteiger partial charge in [-0.05, 0) is 43.5 Å². The summed E-state index contributed by atoms with van der Waals surface area (Å²) in [5.41, 5.74) is 3.92. The van der Waals surface area contributed by atoms with Gasteiger partial charge in [0.05, 0.1) is 0 Å². The van der Waals surface area contributed by atoms with Crippen molar-refractivity contribution in [3.63, 3.8) is 0 Å². The highest BCUT2D eigenvalue weighted by atomic mass is 32.2. The lowest BCUT2D eigenvalue weighted by Crippen LogP contribution is -2.36.